The van der Waals surface area contributed by atoms with E-state index in [1.54, 1.807) is 0 Å². The summed E-state index contributed by atoms with van der Waals surface area (Å²) in [6.45, 7) is 7.97. The first kappa shape index (κ1) is 24.6. The molecule has 4 rings (SSSR count). The third kappa shape index (κ3) is 6.33. The highest BCUT2D eigenvalue weighted by Crippen LogP contribution is 2.34. The zero-order valence-corrected chi connectivity index (χ0v) is 20.7. The van der Waals surface area contributed by atoms with Gasteiger partial charge in [0.1, 0.15) is 11.9 Å². The Labute approximate surface area is 202 Å². The largest absolute Gasteiger partial charge is 0.480 e. The van der Waals surface area contributed by atoms with Crippen molar-refractivity contribution in [2.24, 2.45) is 5.92 Å². The summed E-state index contributed by atoms with van der Waals surface area (Å²) in [4.78, 5) is 21.0. The fraction of sp³-hybridized carbons (Fsp3) is 0.593. The molecule has 184 valence electrons. The van der Waals surface area contributed by atoms with Crippen LogP contribution in [0, 0.1) is 26.7 Å². The summed E-state index contributed by atoms with van der Waals surface area (Å²) in [7, 11) is 0. The van der Waals surface area contributed by atoms with E-state index in [9.17, 15) is 9.90 Å². The lowest BCUT2D eigenvalue weighted by Crippen LogP contribution is -2.39. The van der Waals surface area contributed by atoms with E-state index in [2.05, 4.69) is 27.8 Å². The molecule has 0 bridgehead atoms. The number of nitrogens with zero attached hydrogens (tertiary/aromatic N) is 2. The first-order valence-corrected chi connectivity index (χ1v) is 12.6. The number of carboxylic acids is 1. The predicted molar refractivity (Wildman–Crippen MR) is 133 cm³/mol. The number of aryl methyl sites for hydroxylation is 5. The molecule has 0 spiro atoms. The van der Waals surface area contributed by atoms with E-state index in [4.69, 9.17) is 9.72 Å². The van der Waals surface area contributed by atoms with Crippen LogP contribution in [-0.4, -0.2) is 46.3 Å². The van der Waals surface area contributed by atoms with Gasteiger partial charge < -0.3 is 20.5 Å². The van der Waals surface area contributed by atoms with Gasteiger partial charge in [-0.05, 0) is 100 Å². The molecule has 1 atom stereocenters. The van der Waals surface area contributed by atoms with Gasteiger partial charge in [0.25, 0.3) is 0 Å². The third-order valence-electron chi connectivity index (χ3n) is 7.22. The number of hydrogen-bond donors (Lipinski definition) is 3. The van der Waals surface area contributed by atoms with Gasteiger partial charge >= 0.3 is 5.97 Å². The Morgan fingerprint density at radius 1 is 1.26 bits per heavy atom. The molecule has 2 aromatic heterocycles. The standard InChI is InChI=1S/C27H38N4O3/c1-17-13-18(2)30-19(3)24(17)16-29-25(27(32)33)10-12-34-23-14-20(15-23)6-8-22-9-7-21-5-4-11-28-26(21)31-22/h7,9,13,20,23,25,29H,4-6,8,10-12,14-16H2,1-3H3,(H,28,31)(H,32,33)/t20-,23+,25-/m0/s1. The van der Waals surface area contributed by atoms with Crippen LogP contribution in [0.25, 0.3) is 0 Å². The molecule has 0 aromatic carbocycles. The van der Waals surface area contributed by atoms with Crippen LogP contribution < -0.4 is 10.6 Å². The molecule has 2 aromatic rings. The van der Waals surface area contributed by atoms with Crippen LogP contribution in [0.1, 0.15) is 65.9 Å². The van der Waals surface area contributed by atoms with Crippen LogP contribution in [0.5, 0.6) is 0 Å². The number of ether oxygens (including phenoxy) is 1. The summed E-state index contributed by atoms with van der Waals surface area (Å²) in [6.07, 6.45) is 7.27. The van der Waals surface area contributed by atoms with Crippen molar-refractivity contribution in [3.8, 4) is 0 Å². The molecule has 0 radical (unpaired) electrons. The Bertz CT molecular complexity index is 980. The van der Waals surface area contributed by atoms with Crippen molar-refractivity contribution >= 4 is 11.8 Å². The molecule has 1 fully saturated rings. The summed E-state index contributed by atoms with van der Waals surface area (Å²) < 4.78 is 5.99. The average molecular weight is 467 g/mol. The molecular weight excluding hydrogens is 428 g/mol. The smallest absolute Gasteiger partial charge is 0.320 e. The number of anilines is 1. The topological polar surface area (TPSA) is 96.4 Å². The van der Waals surface area contributed by atoms with Gasteiger partial charge in [0, 0.05) is 36.8 Å². The number of aromatic nitrogens is 2. The number of pyridine rings is 2. The molecule has 2 aliphatic rings. The highest BCUT2D eigenvalue weighted by molar-refractivity contribution is 5.73. The van der Waals surface area contributed by atoms with Crippen molar-refractivity contribution in [1.82, 2.24) is 15.3 Å². The SMILES string of the molecule is Cc1cc(C)c(CN[C@@H](CCO[C@H]2C[C@@H](CCc3ccc4c(n3)NCCC4)C2)C(=O)O)c(C)n1. The van der Waals surface area contributed by atoms with Crippen LogP contribution in [0.2, 0.25) is 0 Å². The van der Waals surface area contributed by atoms with Crippen LogP contribution in [0.3, 0.4) is 0 Å². The van der Waals surface area contributed by atoms with E-state index in [-0.39, 0.29) is 6.10 Å². The number of carbonyl (C=O) groups is 1. The van der Waals surface area contributed by atoms with Crippen LogP contribution >= 0.6 is 0 Å². The molecule has 0 saturated heterocycles. The summed E-state index contributed by atoms with van der Waals surface area (Å²) in [5, 5.41) is 16.2. The van der Waals surface area contributed by atoms with Crippen LogP contribution in [0.15, 0.2) is 18.2 Å². The minimum atomic E-state index is -0.836. The molecule has 0 unspecified atom stereocenters. The normalized spacial score (nSPS) is 20.2. The molecule has 7 nitrogen and oxygen atoms in total. The number of aliphatic carboxylic acids is 1. The Balaban J connectivity index is 1.14. The van der Waals surface area contributed by atoms with Crippen molar-refractivity contribution in [3.05, 3.63) is 52.0 Å². The highest BCUT2D eigenvalue weighted by Gasteiger charge is 2.30. The predicted octanol–water partition coefficient (Wildman–Crippen LogP) is 4.12. The molecule has 7 heteroatoms. The second-order valence-corrected chi connectivity index (χ2v) is 9.91. The minimum absolute atomic E-state index is 0.253. The van der Waals surface area contributed by atoms with Crippen molar-refractivity contribution in [2.75, 3.05) is 18.5 Å². The lowest BCUT2D eigenvalue weighted by molar-refractivity contribution is -0.140. The van der Waals surface area contributed by atoms with Gasteiger partial charge in [-0.1, -0.05) is 6.07 Å². The van der Waals surface area contributed by atoms with E-state index in [0.29, 0.717) is 25.5 Å². The minimum Gasteiger partial charge on any atom is -0.480 e. The summed E-state index contributed by atoms with van der Waals surface area (Å²) in [5.74, 6) is 0.908. The van der Waals surface area contributed by atoms with E-state index in [1.807, 2.05) is 26.8 Å². The Morgan fingerprint density at radius 3 is 2.85 bits per heavy atom. The molecule has 1 aliphatic heterocycles. The maximum absolute atomic E-state index is 11.7. The van der Waals surface area contributed by atoms with Gasteiger partial charge in [-0.25, -0.2) is 4.98 Å². The molecule has 0 amide bonds. The lowest BCUT2D eigenvalue weighted by Gasteiger charge is -2.35. The molecule has 1 saturated carbocycles. The Hall–Kier alpha value is -2.51. The van der Waals surface area contributed by atoms with Crippen molar-refractivity contribution in [2.45, 2.75) is 84.4 Å². The zero-order chi connectivity index (χ0) is 24.1. The third-order valence-corrected chi connectivity index (χ3v) is 7.22. The first-order valence-electron chi connectivity index (χ1n) is 12.6. The zero-order valence-electron chi connectivity index (χ0n) is 20.7. The monoisotopic (exact) mass is 466 g/mol. The van der Waals surface area contributed by atoms with Gasteiger partial charge in [-0.2, -0.15) is 0 Å². The second kappa shape index (κ2) is 11.3. The van der Waals surface area contributed by atoms with Crippen molar-refractivity contribution in [1.29, 1.82) is 0 Å². The number of carboxylic acid groups (broad SMARTS) is 1. The fourth-order valence-corrected chi connectivity index (χ4v) is 5.11. The van der Waals surface area contributed by atoms with Crippen molar-refractivity contribution < 1.29 is 14.6 Å². The van der Waals surface area contributed by atoms with Gasteiger partial charge in [0.15, 0.2) is 0 Å². The average Bonchev–Trinajstić information content (AvgIpc) is 2.77. The highest BCUT2D eigenvalue weighted by atomic mass is 16.5. The second-order valence-electron chi connectivity index (χ2n) is 9.91. The maximum atomic E-state index is 11.7. The number of hydrogen-bond acceptors (Lipinski definition) is 6. The molecular formula is C27H38N4O3. The summed E-state index contributed by atoms with van der Waals surface area (Å²) in [6, 6.07) is 5.81. The van der Waals surface area contributed by atoms with E-state index < -0.39 is 12.0 Å². The van der Waals surface area contributed by atoms with Crippen LogP contribution in [0.4, 0.5) is 5.82 Å². The quantitative estimate of drug-likeness (QED) is 0.458. The Morgan fingerprint density at radius 2 is 2.09 bits per heavy atom. The number of rotatable bonds is 11. The lowest BCUT2D eigenvalue weighted by atomic mass is 9.79. The summed E-state index contributed by atoms with van der Waals surface area (Å²) >= 11 is 0. The van der Waals surface area contributed by atoms with Gasteiger partial charge in [-0.3, -0.25) is 9.78 Å². The van der Waals surface area contributed by atoms with Gasteiger partial charge in [-0.15, -0.1) is 0 Å². The van der Waals surface area contributed by atoms with Crippen molar-refractivity contribution in [3.63, 3.8) is 0 Å². The molecule has 1 aliphatic carbocycles. The van der Waals surface area contributed by atoms with E-state index in [0.717, 1.165) is 67.0 Å². The van der Waals surface area contributed by atoms with E-state index in [1.165, 1.54) is 17.7 Å². The first-order chi connectivity index (χ1) is 16.4. The Kier molecular flexibility index (Phi) is 8.16. The molecule has 3 heterocycles. The molecule has 34 heavy (non-hydrogen) atoms. The fourth-order valence-electron chi connectivity index (χ4n) is 5.11. The maximum Gasteiger partial charge on any atom is 0.320 e. The van der Waals surface area contributed by atoms with Gasteiger partial charge in [0.2, 0.25) is 0 Å². The number of fused-ring (bicyclic) bond motifs is 1. The summed E-state index contributed by atoms with van der Waals surface area (Å²) in [5.41, 5.74) is 6.65. The molecule has 3 N–H and O–H groups in total. The van der Waals surface area contributed by atoms with Gasteiger partial charge in [0.05, 0.1) is 6.10 Å². The van der Waals surface area contributed by atoms with E-state index >= 15 is 0 Å². The van der Waals surface area contributed by atoms with Crippen LogP contribution in [-0.2, 0) is 28.9 Å². The number of nitrogens with one attached hydrogen (secondary N) is 2.